The largest absolute Gasteiger partial charge is 0.348 e. The molecule has 0 unspecified atom stereocenters. The number of nitrogens with zero attached hydrogens (tertiary/aromatic N) is 5. The first-order chi connectivity index (χ1) is 17.1. The van der Waals surface area contributed by atoms with Crippen LogP contribution in [0, 0.1) is 6.92 Å². The van der Waals surface area contributed by atoms with Crippen LogP contribution in [-0.4, -0.2) is 30.5 Å². The van der Waals surface area contributed by atoms with Crippen LogP contribution in [-0.2, 0) is 19.6 Å². The highest BCUT2D eigenvalue weighted by atomic mass is 16.1. The van der Waals surface area contributed by atoms with Gasteiger partial charge < -0.3 is 5.32 Å². The average Bonchev–Trinajstić information content (AvgIpc) is 3.55. The van der Waals surface area contributed by atoms with Gasteiger partial charge in [-0.2, -0.15) is 10.2 Å². The molecule has 0 saturated carbocycles. The molecule has 2 aromatic heterocycles. The Morgan fingerprint density at radius 1 is 0.829 bits per heavy atom. The molecule has 7 nitrogen and oxygen atoms in total. The smallest absolute Gasteiger partial charge is 0.255 e. The number of benzene rings is 3. The molecule has 35 heavy (non-hydrogen) atoms. The minimum Gasteiger partial charge on any atom is -0.348 e. The Morgan fingerprint density at radius 3 is 2.23 bits per heavy atom. The van der Waals surface area contributed by atoms with Crippen molar-refractivity contribution in [3.63, 3.8) is 0 Å². The van der Waals surface area contributed by atoms with E-state index in [4.69, 9.17) is 5.10 Å². The summed E-state index contributed by atoms with van der Waals surface area (Å²) in [4.78, 5) is 17.2. The number of carbonyl (C=O) groups excluding carboxylic acids is 1. The fourth-order valence-corrected chi connectivity index (χ4v) is 3.91. The van der Waals surface area contributed by atoms with Gasteiger partial charge in [-0.3, -0.25) is 9.48 Å². The van der Waals surface area contributed by atoms with Crippen molar-refractivity contribution in [3.8, 4) is 11.3 Å². The summed E-state index contributed by atoms with van der Waals surface area (Å²) in [5.74, 6) is -0.147. The van der Waals surface area contributed by atoms with Gasteiger partial charge in [0.2, 0.25) is 0 Å². The Labute approximate surface area is 204 Å². The molecule has 5 aromatic rings. The summed E-state index contributed by atoms with van der Waals surface area (Å²) < 4.78 is 3.61. The van der Waals surface area contributed by atoms with Crippen LogP contribution in [0.2, 0.25) is 0 Å². The van der Waals surface area contributed by atoms with Crippen molar-refractivity contribution in [3.05, 3.63) is 126 Å². The molecular formula is C28H26N6O. The highest BCUT2D eigenvalue weighted by Crippen LogP contribution is 2.23. The van der Waals surface area contributed by atoms with Crippen molar-refractivity contribution in [2.75, 3.05) is 0 Å². The van der Waals surface area contributed by atoms with E-state index in [1.807, 2.05) is 84.5 Å². The van der Waals surface area contributed by atoms with Gasteiger partial charge in [0.05, 0.1) is 18.7 Å². The lowest BCUT2D eigenvalue weighted by Crippen LogP contribution is -2.23. The molecule has 0 radical (unpaired) electrons. The lowest BCUT2D eigenvalue weighted by Gasteiger charge is -2.07. The van der Waals surface area contributed by atoms with Crippen LogP contribution in [0.5, 0.6) is 0 Å². The average molecular weight is 463 g/mol. The summed E-state index contributed by atoms with van der Waals surface area (Å²) in [5.41, 5.74) is 6.60. The first-order valence-electron chi connectivity index (χ1n) is 11.5. The van der Waals surface area contributed by atoms with Crippen LogP contribution >= 0.6 is 0 Å². The number of aromatic nitrogens is 5. The van der Waals surface area contributed by atoms with Gasteiger partial charge in [-0.1, -0.05) is 84.4 Å². The van der Waals surface area contributed by atoms with Gasteiger partial charge in [-0.05, 0) is 23.6 Å². The molecule has 1 amide bonds. The molecule has 7 heteroatoms. The Balaban J connectivity index is 1.32. The number of carbonyl (C=O) groups is 1. The zero-order valence-electron chi connectivity index (χ0n) is 19.5. The van der Waals surface area contributed by atoms with E-state index < -0.39 is 0 Å². The van der Waals surface area contributed by atoms with Crippen molar-refractivity contribution in [1.82, 2.24) is 29.9 Å². The summed E-state index contributed by atoms with van der Waals surface area (Å²) >= 11 is 0. The maximum atomic E-state index is 13.2. The van der Waals surface area contributed by atoms with E-state index in [0.29, 0.717) is 30.9 Å². The third-order valence-corrected chi connectivity index (χ3v) is 5.81. The van der Waals surface area contributed by atoms with Crippen molar-refractivity contribution in [2.24, 2.45) is 0 Å². The molecule has 0 aliphatic heterocycles. The quantitative estimate of drug-likeness (QED) is 0.369. The summed E-state index contributed by atoms with van der Waals surface area (Å²) in [6.45, 7) is 3.73. The van der Waals surface area contributed by atoms with E-state index in [-0.39, 0.29) is 5.91 Å². The molecule has 1 N–H and O–H groups in total. The third kappa shape index (κ3) is 5.52. The second kappa shape index (κ2) is 10.2. The van der Waals surface area contributed by atoms with E-state index in [1.54, 1.807) is 11.0 Å². The maximum absolute atomic E-state index is 13.2. The molecule has 174 valence electrons. The molecule has 0 aliphatic carbocycles. The molecule has 2 heterocycles. The molecule has 0 bridgehead atoms. The molecule has 3 aromatic carbocycles. The molecule has 0 spiro atoms. The lowest BCUT2D eigenvalue weighted by atomic mass is 10.1. The maximum Gasteiger partial charge on any atom is 0.255 e. The number of aryl methyl sites for hydroxylation is 1. The van der Waals surface area contributed by atoms with Gasteiger partial charge in [0.1, 0.15) is 18.3 Å². The van der Waals surface area contributed by atoms with Crippen molar-refractivity contribution < 1.29 is 4.79 Å². The number of amides is 1. The molecule has 5 rings (SSSR count). The minimum atomic E-state index is -0.147. The normalized spacial score (nSPS) is 10.9. The first kappa shape index (κ1) is 22.3. The second-order valence-corrected chi connectivity index (χ2v) is 8.53. The van der Waals surface area contributed by atoms with Crippen molar-refractivity contribution in [1.29, 1.82) is 0 Å². The van der Waals surface area contributed by atoms with Crippen molar-refractivity contribution in [2.45, 2.75) is 26.6 Å². The van der Waals surface area contributed by atoms with E-state index in [2.05, 4.69) is 27.5 Å². The van der Waals surface area contributed by atoms with Crippen molar-refractivity contribution >= 4 is 5.91 Å². The monoisotopic (exact) mass is 462 g/mol. The predicted octanol–water partition coefficient (Wildman–Crippen LogP) is 4.48. The Morgan fingerprint density at radius 2 is 1.51 bits per heavy atom. The van der Waals surface area contributed by atoms with E-state index in [0.717, 1.165) is 27.8 Å². The predicted molar refractivity (Wildman–Crippen MR) is 135 cm³/mol. The fourth-order valence-electron chi connectivity index (χ4n) is 3.91. The SMILES string of the molecule is Cc1ccc(-c2nn(Cc3ccccc3)cc2C(=O)NCc2ccc(Cn3cncn3)cc2)cc1. The zero-order valence-corrected chi connectivity index (χ0v) is 19.5. The van der Waals surface area contributed by atoms with E-state index >= 15 is 0 Å². The Hall–Kier alpha value is -4.52. The van der Waals surface area contributed by atoms with Gasteiger partial charge in [0, 0.05) is 18.3 Å². The number of nitrogens with one attached hydrogen (secondary N) is 1. The van der Waals surface area contributed by atoms with Crippen LogP contribution in [0.15, 0.2) is 97.7 Å². The topological polar surface area (TPSA) is 77.6 Å². The standard InChI is InChI=1S/C28H26N6O/c1-21-7-13-25(14-8-21)27-26(18-33(32-27)16-23-5-3-2-4-6-23)28(35)30-15-22-9-11-24(12-10-22)17-34-20-29-19-31-34/h2-14,18-20H,15-17H2,1H3,(H,30,35). The van der Waals surface area contributed by atoms with Gasteiger partial charge in [-0.25, -0.2) is 9.67 Å². The first-order valence-corrected chi connectivity index (χ1v) is 11.5. The summed E-state index contributed by atoms with van der Waals surface area (Å²) in [6, 6.07) is 26.3. The summed E-state index contributed by atoms with van der Waals surface area (Å²) in [5, 5.41) is 12.0. The van der Waals surface area contributed by atoms with Crippen LogP contribution in [0.4, 0.5) is 0 Å². The van der Waals surface area contributed by atoms with Gasteiger partial charge in [-0.15, -0.1) is 0 Å². The number of rotatable bonds is 8. The molecule has 0 saturated heterocycles. The third-order valence-electron chi connectivity index (χ3n) is 5.81. The van der Waals surface area contributed by atoms with E-state index in [1.165, 1.54) is 6.33 Å². The summed E-state index contributed by atoms with van der Waals surface area (Å²) in [6.07, 6.45) is 5.05. The van der Waals surface area contributed by atoms with Crippen LogP contribution in [0.1, 0.15) is 32.6 Å². The van der Waals surface area contributed by atoms with Crippen LogP contribution in [0.3, 0.4) is 0 Å². The molecule has 0 atom stereocenters. The van der Waals surface area contributed by atoms with E-state index in [9.17, 15) is 4.79 Å². The van der Waals surface area contributed by atoms with Gasteiger partial charge >= 0.3 is 0 Å². The lowest BCUT2D eigenvalue weighted by molar-refractivity contribution is 0.0951. The molecular weight excluding hydrogens is 436 g/mol. The highest BCUT2D eigenvalue weighted by Gasteiger charge is 2.18. The van der Waals surface area contributed by atoms with Crippen LogP contribution in [0.25, 0.3) is 11.3 Å². The van der Waals surface area contributed by atoms with Crippen LogP contribution < -0.4 is 5.32 Å². The minimum absolute atomic E-state index is 0.147. The fraction of sp³-hybridized carbons (Fsp3) is 0.143. The van der Waals surface area contributed by atoms with Gasteiger partial charge in [0.25, 0.3) is 5.91 Å². The van der Waals surface area contributed by atoms with Gasteiger partial charge in [0.15, 0.2) is 0 Å². The Kier molecular flexibility index (Phi) is 6.48. The summed E-state index contributed by atoms with van der Waals surface area (Å²) in [7, 11) is 0. The second-order valence-electron chi connectivity index (χ2n) is 8.53. The Bertz CT molecular complexity index is 1390. The molecule has 0 fully saturated rings. The zero-order chi connectivity index (χ0) is 24.0. The highest BCUT2D eigenvalue weighted by molar-refractivity contribution is 5.99. The number of hydrogen-bond donors (Lipinski definition) is 1. The molecule has 0 aliphatic rings. The number of hydrogen-bond acceptors (Lipinski definition) is 4.